The van der Waals surface area contributed by atoms with Crippen LogP contribution in [-0.4, -0.2) is 55.7 Å². The number of benzene rings is 2. The van der Waals surface area contributed by atoms with E-state index in [1.807, 2.05) is 19.1 Å². The molecule has 10 nitrogen and oxygen atoms in total. The topological polar surface area (TPSA) is 117 Å². The summed E-state index contributed by atoms with van der Waals surface area (Å²) in [6.07, 6.45) is 1.63. The number of ether oxygens (including phenoxy) is 2. The third-order valence-electron chi connectivity index (χ3n) is 6.23. The molecule has 0 aliphatic carbocycles. The van der Waals surface area contributed by atoms with Crippen LogP contribution < -0.4 is 21.4 Å². The molecule has 1 atom stereocenters. The number of carbonyl (C=O) groups is 1. The van der Waals surface area contributed by atoms with Gasteiger partial charge in [0.1, 0.15) is 11.5 Å². The van der Waals surface area contributed by atoms with Crippen LogP contribution >= 0.6 is 0 Å². The van der Waals surface area contributed by atoms with Crippen molar-refractivity contribution in [3.05, 3.63) is 105 Å². The van der Waals surface area contributed by atoms with Crippen LogP contribution in [0.1, 0.15) is 23.7 Å². The van der Waals surface area contributed by atoms with Gasteiger partial charge in [0.15, 0.2) is 0 Å². The monoisotopic (exact) mass is 545 g/mol. The minimum atomic E-state index is -1.52. The van der Waals surface area contributed by atoms with Crippen molar-refractivity contribution in [3.8, 4) is 11.5 Å². The molecule has 4 aromatic rings. The summed E-state index contributed by atoms with van der Waals surface area (Å²) < 4.78 is 12.8. The molecule has 6 radical (unpaired) electrons. The fraction of sp³-hybridized carbons (Fsp3) is 0.250. The molecule has 2 aromatic carbocycles. The van der Waals surface area contributed by atoms with E-state index in [1.54, 1.807) is 61.7 Å². The molecule has 0 fully saturated rings. The first-order valence-corrected chi connectivity index (χ1v) is 12.7. The molecule has 0 amide bonds. The highest BCUT2D eigenvalue weighted by atomic mass is 16.5. The minimum Gasteiger partial charge on any atom is -0.469 e. The number of hydrogen-bond acceptors (Lipinski definition) is 8. The molecular weight excluding hydrogens is 519 g/mol. The molecule has 0 unspecified atom stereocenters. The lowest BCUT2D eigenvalue weighted by molar-refractivity contribution is -0.145. The van der Waals surface area contributed by atoms with Gasteiger partial charge in [0.25, 0.3) is 0 Å². The molecule has 0 bridgehead atoms. The van der Waals surface area contributed by atoms with Crippen LogP contribution in [0.5, 0.6) is 11.5 Å². The average molecular weight is 545 g/mol. The number of pyridine rings is 1. The van der Waals surface area contributed by atoms with Gasteiger partial charge in [0.05, 0.1) is 49.3 Å². The number of hydrogen-bond donors (Lipinski definition) is 1. The van der Waals surface area contributed by atoms with Crippen LogP contribution in [0.2, 0.25) is 0 Å². The van der Waals surface area contributed by atoms with E-state index in [4.69, 9.17) is 33.0 Å². The highest BCUT2D eigenvalue weighted by Crippen LogP contribution is 2.24. The molecule has 0 aliphatic rings. The van der Waals surface area contributed by atoms with Gasteiger partial charge < -0.3 is 14.8 Å². The number of carbonyl (C=O) groups excluding carboxylic acids is 1. The Kier molecular flexibility index (Phi) is 8.85. The maximum atomic E-state index is 13.6. The van der Waals surface area contributed by atoms with Gasteiger partial charge in [-0.15, -0.1) is 5.11 Å². The predicted molar refractivity (Wildman–Crippen MR) is 157 cm³/mol. The zero-order chi connectivity index (χ0) is 29.7. The number of esters is 1. The summed E-state index contributed by atoms with van der Waals surface area (Å²) in [4.78, 5) is 46.8. The lowest BCUT2D eigenvalue weighted by atomic mass is 9.40. The minimum absolute atomic E-state index is 0.00766. The normalized spacial score (nSPS) is 12.0. The molecule has 13 heteroatoms. The van der Waals surface area contributed by atoms with Crippen LogP contribution in [-0.2, 0) is 27.7 Å². The highest BCUT2D eigenvalue weighted by Gasteiger charge is 2.20. The summed E-state index contributed by atoms with van der Waals surface area (Å²) in [5, 5.41) is 1.52. The van der Waals surface area contributed by atoms with E-state index in [2.05, 4.69) is 15.3 Å². The number of aromatic nitrogens is 4. The molecule has 202 valence electrons. The Labute approximate surface area is 241 Å². The summed E-state index contributed by atoms with van der Waals surface area (Å²) in [6, 6.07) is 17.3. The average Bonchev–Trinajstić information content (AvgIpc) is 2.94. The molecule has 1 N–H and O–H groups in total. The first kappa shape index (κ1) is 29.4. The van der Waals surface area contributed by atoms with Gasteiger partial charge in [-0.3, -0.25) is 14.3 Å². The van der Waals surface area contributed by atoms with Crippen molar-refractivity contribution < 1.29 is 14.3 Å². The molecule has 4 rings (SSSR count). The van der Waals surface area contributed by atoms with Crippen LogP contribution in [0.3, 0.4) is 0 Å². The lowest BCUT2D eigenvalue weighted by Crippen LogP contribution is -2.44. The Morgan fingerprint density at radius 1 is 0.976 bits per heavy atom. The maximum absolute atomic E-state index is 13.6. The molecule has 0 saturated carbocycles. The van der Waals surface area contributed by atoms with Gasteiger partial charge in [-0.05, 0) is 48.9 Å². The predicted octanol–water partition coefficient (Wildman–Crippen LogP) is 2.12. The van der Waals surface area contributed by atoms with Crippen molar-refractivity contribution in [2.24, 2.45) is 5.92 Å². The van der Waals surface area contributed by atoms with Gasteiger partial charge in [0.2, 0.25) is 5.95 Å². The Balaban J connectivity index is 1.66. The maximum Gasteiger partial charge on any atom is 0.354 e. The second-order valence-corrected chi connectivity index (χ2v) is 9.64. The molecule has 2 aromatic heterocycles. The first-order valence-electron chi connectivity index (χ1n) is 12.7. The van der Waals surface area contributed by atoms with Crippen molar-refractivity contribution in [1.29, 1.82) is 0 Å². The molecule has 2 heterocycles. The summed E-state index contributed by atoms with van der Waals surface area (Å²) in [6.45, 7) is 3.28. The van der Waals surface area contributed by atoms with Gasteiger partial charge in [0, 0.05) is 17.9 Å². The van der Waals surface area contributed by atoms with Crippen molar-refractivity contribution >= 4 is 41.1 Å². The third-order valence-corrected chi connectivity index (χ3v) is 6.23. The summed E-state index contributed by atoms with van der Waals surface area (Å²) in [5.74, 6) is -0.151. The van der Waals surface area contributed by atoms with E-state index in [0.717, 1.165) is 10.3 Å². The van der Waals surface area contributed by atoms with Crippen LogP contribution in [0.25, 0.3) is 0 Å². The van der Waals surface area contributed by atoms with Gasteiger partial charge >= 0.3 is 17.3 Å². The van der Waals surface area contributed by atoms with E-state index < -0.39 is 28.4 Å². The van der Waals surface area contributed by atoms with Crippen molar-refractivity contribution in [3.63, 3.8) is 0 Å². The Bertz CT molecular complexity index is 1630. The zero-order valence-electron chi connectivity index (χ0n) is 22.9. The smallest absolute Gasteiger partial charge is 0.354 e. The van der Waals surface area contributed by atoms with E-state index in [9.17, 15) is 14.4 Å². The standard InChI is InChI=1S/C28H26B3N5O5/c1-17(24(37)40-3)15-36-26(38)34-25(35(27(36)39)16-19-5-7-20(8-6-19)28(29,30)31)33-21-9-12-22(13-10-21)41-23-11-4-18(2)32-14-23/h4-14,17H,15-16H2,1-3H3,(H,33,34,38)/t17-/m0/s1. The van der Waals surface area contributed by atoms with Crippen molar-refractivity contribution in [2.45, 2.75) is 32.1 Å². The highest BCUT2D eigenvalue weighted by molar-refractivity contribution is 6.58. The summed E-state index contributed by atoms with van der Waals surface area (Å²) in [5.41, 5.74) is 1.13. The lowest BCUT2D eigenvalue weighted by Gasteiger charge is -2.21. The molecule has 41 heavy (non-hydrogen) atoms. The van der Waals surface area contributed by atoms with Gasteiger partial charge in [-0.25, -0.2) is 14.2 Å². The number of anilines is 2. The van der Waals surface area contributed by atoms with E-state index in [0.29, 0.717) is 28.3 Å². The SMILES string of the molecule is [B]C([B])([B])c1ccc(Cn2c(Nc3ccc(Oc4ccc(C)nc4)cc3)nc(=O)n(C[C@H](C)C(=O)OC)c2=O)cc1. The fourth-order valence-corrected chi connectivity index (χ4v) is 3.94. The van der Waals surface area contributed by atoms with Crippen LogP contribution in [0.4, 0.5) is 11.6 Å². The van der Waals surface area contributed by atoms with Gasteiger partial charge in [-0.2, -0.15) is 4.98 Å². The number of methoxy groups -OCH3 is 1. The molecule has 0 spiro atoms. The summed E-state index contributed by atoms with van der Waals surface area (Å²) in [7, 11) is 18.5. The van der Waals surface area contributed by atoms with Crippen molar-refractivity contribution in [1.82, 2.24) is 19.1 Å². The second-order valence-electron chi connectivity index (χ2n) is 9.64. The van der Waals surface area contributed by atoms with Crippen molar-refractivity contribution in [2.75, 3.05) is 12.4 Å². The molecular formula is C28H26B3N5O5. The Morgan fingerprint density at radius 2 is 1.63 bits per heavy atom. The Morgan fingerprint density at radius 3 is 2.22 bits per heavy atom. The number of rotatable bonds is 10. The zero-order valence-corrected chi connectivity index (χ0v) is 22.9. The van der Waals surface area contributed by atoms with E-state index in [-0.39, 0.29) is 19.0 Å². The van der Waals surface area contributed by atoms with E-state index in [1.165, 1.54) is 11.7 Å². The largest absolute Gasteiger partial charge is 0.469 e. The fourth-order valence-electron chi connectivity index (χ4n) is 3.94. The quantitative estimate of drug-likeness (QED) is 0.238. The van der Waals surface area contributed by atoms with E-state index >= 15 is 0 Å². The molecule has 0 saturated heterocycles. The van der Waals surface area contributed by atoms with Gasteiger partial charge in [-0.1, -0.05) is 36.8 Å². The number of nitrogens with one attached hydrogen (secondary N) is 1. The summed E-state index contributed by atoms with van der Waals surface area (Å²) >= 11 is 0. The number of nitrogens with zero attached hydrogens (tertiary/aromatic N) is 4. The second kappa shape index (κ2) is 12.3. The Hall–Kier alpha value is -4.54. The molecule has 0 aliphatic heterocycles. The van der Waals surface area contributed by atoms with Crippen LogP contribution in [0.15, 0.2) is 76.4 Å². The first-order chi connectivity index (χ1) is 19.4. The third kappa shape index (κ3) is 7.36. The van der Waals surface area contributed by atoms with Crippen LogP contribution in [0, 0.1) is 12.8 Å². The number of aryl methyl sites for hydroxylation is 1.